The molecule has 1 aromatic heterocycles. The van der Waals surface area contributed by atoms with Gasteiger partial charge in [-0.15, -0.1) is 0 Å². The van der Waals surface area contributed by atoms with Gasteiger partial charge >= 0.3 is 5.97 Å². The van der Waals surface area contributed by atoms with Crippen LogP contribution in [0.5, 0.6) is 5.75 Å². The summed E-state index contributed by atoms with van der Waals surface area (Å²) in [6.07, 6.45) is 8.50. The van der Waals surface area contributed by atoms with Gasteiger partial charge in [0.1, 0.15) is 5.75 Å². The molecule has 1 aliphatic heterocycles. The monoisotopic (exact) mass is 502 g/mol. The third-order valence-electron chi connectivity index (χ3n) is 7.26. The number of rotatable bonds is 15. The number of aliphatic carboxylic acids is 1. The predicted molar refractivity (Wildman–Crippen MR) is 144 cm³/mol. The van der Waals surface area contributed by atoms with Gasteiger partial charge in [-0.3, -0.25) is 9.78 Å². The standard InChI is InChI=1S/C28H42N2O4S/c1-3-4-17-35-18-5-15-30-16-13-21(22(20-30)7-11-28(32)33)6-10-27(31)24-12-14-29-26-9-8-23(34-2)19-25(24)26/h8-9,12,14,19,21-22,27,31H,3-7,10-11,13,15-18,20H2,1-2H3,(H,32,33)/t21-,22-,27-/m1/s1. The van der Waals surface area contributed by atoms with E-state index in [1.54, 1.807) is 13.3 Å². The number of hydrogen-bond donors (Lipinski definition) is 2. The molecule has 2 aromatic rings. The summed E-state index contributed by atoms with van der Waals surface area (Å²) in [6, 6.07) is 7.64. The first kappa shape index (κ1) is 27.8. The Morgan fingerprint density at radius 3 is 2.83 bits per heavy atom. The van der Waals surface area contributed by atoms with E-state index >= 15 is 0 Å². The highest BCUT2D eigenvalue weighted by molar-refractivity contribution is 7.99. The average molecular weight is 503 g/mol. The van der Waals surface area contributed by atoms with Crippen molar-refractivity contribution < 1.29 is 19.7 Å². The molecule has 1 aromatic carbocycles. The molecule has 3 rings (SSSR count). The van der Waals surface area contributed by atoms with Crippen LogP contribution in [0.15, 0.2) is 30.5 Å². The van der Waals surface area contributed by atoms with E-state index in [0.717, 1.165) is 54.7 Å². The van der Waals surface area contributed by atoms with E-state index in [1.807, 2.05) is 36.0 Å². The second-order valence-corrected chi connectivity index (χ2v) is 11.0. The number of benzene rings is 1. The van der Waals surface area contributed by atoms with Crippen LogP contribution in [0.25, 0.3) is 10.9 Å². The quantitative estimate of drug-likeness (QED) is 0.299. The molecule has 0 aliphatic carbocycles. The number of methoxy groups -OCH3 is 1. The van der Waals surface area contributed by atoms with Crippen molar-refractivity contribution in [3.05, 3.63) is 36.0 Å². The first-order valence-corrected chi connectivity index (χ1v) is 14.3. The summed E-state index contributed by atoms with van der Waals surface area (Å²) >= 11 is 2.05. The van der Waals surface area contributed by atoms with Crippen LogP contribution >= 0.6 is 11.8 Å². The lowest BCUT2D eigenvalue weighted by Gasteiger charge is -2.39. The highest BCUT2D eigenvalue weighted by Crippen LogP contribution is 2.35. The van der Waals surface area contributed by atoms with Crippen LogP contribution in [0.4, 0.5) is 0 Å². The van der Waals surface area contributed by atoms with Crippen LogP contribution < -0.4 is 4.74 Å². The lowest BCUT2D eigenvalue weighted by molar-refractivity contribution is -0.137. The van der Waals surface area contributed by atoms with Gasteiger partial charge in [-0.05, 0) is 105 Å². The Balaban J connectivity index is 1.56. The smallest absolute Gasteiger partial charge is 0.303 e. The van der Waals surface area contributed by atoms with E-state index in [2.05, 4.69) is 16.8 Å². The van der Waals surface area contributed by atoms with Gasteiger partial charge in [-0.2, -0.15) is 11.8 Å². The molecule has 0 saturated carbocycles. The Hall–Kier alpha value is -1.83. The van der Waals surface area contributed by atoms with E-state index < -0.39 is 12.1 Å². The number of aliphatic hydroxyl groups is 1. The number of hydrogen-bond acceptors (Lipinski definition) is 6. The molecule has 2 heterocycles. The van der Waals surface area contributed by atoms with Crippen LogP contribution in [0.3, 0.4) is 0 Å². The highest BCUT2D eigenvalue weighted by Gasteiger charge is 2.30. The Morgan fingerprint density at radius 2 is 2.06 bits per heavy atom. The van der Waals surface area contributed by atoms with Gasteiger partial charge in [0.05, 0.1) is 18.7 Å². The molecule has 0 spiro atoms. The van der Waals surface area contributed by atoms with Crippen molar-refractivity contribution in [2.45, 2.75) is 64.4 Å². The first-order valence-electron chi connectivity index (χ1n) is 13.1. The summed E-state index contributed by atoms with van der Waals surface area (Å²) in [7, 11) is 1.64. The minimum atomic E-state index is -0.717. The Morgan fingerprint density at radius 1 is 1.23 bits per heavy atom. The molecule has 2 N–H and O–H groups in total. The van der Waals surface area contributed by atoms with Crippen molar-refractivity contribution in [2.24, 2.45) is 11.8 Å². The number of ether oxygens (including phenoxy) is 1. The molecule has 0 amide bonds. The van der Waals surface area contributed by atoms with E-state index in [0.29, 0.717) is 24.7 Å². The molecule has 0 unspecified atom stereocenters. The van der Waals surface area contributed by atoms with E-state index in [9.17, 15) is 15.0 Å². The fourth-order valence-electron chi connectivity index (χ4n) is 5.21. The molecule has 3 atom stereocenters. The van der Waals surface area contributed by atoms with Crippen molar-refractivity contribution in [3.63, 3.8) is 0 Å². The maximum Gasteiger partial charge on any atom is 0.303 e. The molecule has 7 heteroatoms. The van der Waals surface area contributed by atoms with Crippen molar-refractivity contribution >= 4 is 28.6 Å². The maximum absolute atomic E-state index is 11.3. The normalized spacial score (nSPS) is 19.6. The van der Waals surface area contributed by atoms with Gasteiger partial charge in [-0.25, -0.2) is 0 Å². The second kappa shape index (κ2) is 14.7. The van der Waals surface area contributed by atoms with Crippen molar-refractivity contribution in [3.8, 4) is 5.75 Å². The van der Waals surface area contributed by atoms with E-state index in [1.165, 1.54) is 30.8 Å². The molecular weight excluding hydrogens is 460 g/mol. The molecule has 0 bridgehead atoms. The number of thioether (sulfide) groups is 1. The van der Waals surface area contributed by atoms with Crippen LogP contribution in [0.1, 0.15) is 70.0 Å². The summed E-state index contributed by atoms with van der Waals surface area (Å²) in [4.78, 5) is 18.2. The number of carboxylic acids is 1. The minimum absolute atomic E-state index is 0.221. The summed E-state index contributed by atoms with van der Waals surface area (Å²) in [5.74, 6) is 3.31. The Labute approximate surface area is 214 Å². The van der Waals surface area contributed by atoms with E-state index in [-0.39, 0.29) is 6.42 Å². The number of aliphatic hydroxyl groups excluding tert-OH is 1. The number of unbranched alkanes of at least 4 members (excludes halogenated alkanes) is 1. The predicted octanol–water partition coefficient (Wildman–Crippen LogP) is 5.78. The zero-order valence-electron chi connectivity index (χ0n) is 21.3. The summed E-state index contributed by atoms with van der Waals surface area (Å²) in [5, 5.41) is 21.3. The number of carbonyl (C=O) groups is 1. The number of piperidine rings is 1. The molecule has 1 saturated heterocycles. The summed E-state index contributed by atoms with van der Waals surface area (Å²) < 4.78 is 5.37. The number of nitrogens with zero attached hydrogens (tertiary/aromatic N) is 2. The zero-order valence-corrected chi connectivity index (χ0v) is 22.1. The zero-order chi connectivity index (χ0) is 25.0. The second-order valence-electron chi connectivity index (χ2n) is 9.74. The maximum atomic E-state index is 11.3. The van der Waals surface area contributed by atoms with Gasteiger partial charge < -0.3 is 19.8 Å². The van der Waals surface area contributed by atoms with Crippen LogP contribution in [0, 0.1) is 11.8 Å². The van der Waals surface area contributed by atoms with Crippen LogP contribution in [0.2, 0.25) is 0 Å². The lowest BCUT2D eigenvalue weighted by atomic mass is 9.79. The van der Waals surface area contributed by atoms with Crippen LogP contribution in [-0.4, -0.2) is 64.3 Å². The highest BCUT2D eigenvalue weighted by atomic mass is 32.2. The fourth-order valence-corrected chi connectivity index (χ4v) is 6.24. The van der Waals surface area contributed by atoms with Gasteiger partial charge in [-0.1, -0.05) is 13.3 Å². The number of pyridine rings is 1. The number of carboxylic acid groups (broad SMARTS) is 1. The number of aromatic nitrogens is 1. The lowest BCUT2D eigenvalue weighted by Crippen LogP contribution is -2.41. The molecule has 0 radical (unpaired) electrons. The van der Waals surface area contributed by atoms with Crippen molar-refractivity contribution in [1.82, 2.24) is 9.88 Å². The Kier molecular flexibility index (Phi) is 11.6. The van der Waals surface area contributed by atoms with E-state index in [4.69, 9.17) is 4.74 Å². The van der Waals surface area contributed by atoms with Crippen LogP contribution in [-0.2, 0) is 4.79 Å². The third-order valence-corrected chi connectivity index (χ3v) is 8.42. The molecule has 1 fully saturated rings. The van der Waals surface area contributed by atoms with Crippen molar-refractivity contribution in [1.29, 1.82) is 0 Å². The van der Waals surface area contributed by atoms with Gasteiger partial charge in [0, 0.05) is 24.5 Å². The SMILES string of the molecule is CCCCSCCCN1CC[C@@H](CC[C@@H](O)c2ccnc3ccc(OC)cc23)[C@H](CCC(=O)O)C1. The molecule has 194 valence electrons. The summed E-state index contributed by atoms with van der Waals surface area (Å²) in [5.41, 5.74) is 1.73. The number of fused-ring (bicyclic) bond motifs is 1. The molecule has 1 aliphatic rings. The van der Waals surface area contributed by atoms with Gasteiger partial charge in [0.2, 0.25) is 0 Å². The minimum Gasteiger partial charge on any atom is -0.497 e. The molecule has 35 heavy (non-hydrogen) atoms. The fraction of sp³-hybridized carbons (Fsp3) is 0.643. The van der Waals surface area contributed by atoms with Crippen molar-refractivity contribution in [2.75, 3.05) is 38.2 Å². The first-order chi connectivity index (χ1) is 17.0. The summed E-state index contributed by atoms with van der Waals surface area (Å²) in [6.45, 7) is 5.38. The molecular formula is C28H42N2O4S. The number of likely N-dealkylation sites (tertiary alicyclic amines) is 1. The Bertz CT molecular complexity index is 925. The third kappa shape index (κ3) is 8.65. The average Bonchev–Trinajstić information content (AvgIpc) is 2.87. The topological polar surface area (TPSA) is 82.9 Å². The largest absolute Gasteiger partial charge is 0.497 e. The van der Waals surface area contributed by atoms with Gasteiger partial charge in [0.25, 0.3) is 0 Å². The molecule has 6 nitrogen and oxygen atoms in total. The van der Waals surface area contributed by atoms with Gasteiger partial charge in [0.15, 0.2) is 0 Å².